The van der Waals surface area contributed by atoms with E-state index in [9.17, 15) is 9.59 Å². The lowest BCUT2D eigenvalue weighted by molar-refractivity contribution is -0.916. The smallest absolute Gasteiger partial charge is 0.240 e. The van der Waals surface area contributed by atoms with Gasteiger partial charge in [-0.05, 0) is 17.7 Å². The van der Waals surface area contributed by atoms with Gasteiger partial charge in [0.1, 0.15) is 13.1 Å². The Bertz CT molecular complexity index is 870. The van der Waals surface area contributed by atoms with Crippen LogP contribution in [0.5, 0.6) is 0 Å². The number of thioether (sulfide) groups is 1. The first-order valence-electron chi connectivity index (χ1n) is 9.90. The van der Waals surface area contributed by atoms with E-state index in [0.29, 0.717) is 12.3 Å². The fourth-order valence-corrected chi connectivity index (χ4v) is 4.89. The van der Waals surface area contributed by atoms with Crippen molar-refractivity contribution >= 4 is 29.3 Å². The van der Waals surface area contributed by atoms with Crippen molar-refractivity contribution in [2.24, 2.45) is 0 Å². The number of nitrogens with zero attached hydrogens (tertiary/aromatic N) is 1. The van der Waals surface area contributed by atoms with E-state index in [1.54, 1.807) is 9.80 Å². The van der Waals surface area contributed by atoms with Crippen LogP contribution >= 0.6 is 11.8 Å². The van der Waals surface area contributed by atoms with Gasteiger partial charge in [0, 0.05) is 29.8 Å². The largest absolute Gasteiger partial charge is 0.354 e. The first kappa shape index (κ1) is 19.0. The molecule has 5 nitrogen and oxygen atoms in total. The van der Waals surface area contributed by atoms with Gasteiger partial charge < -0.3 is 15.1 Å². The van der Waals surface area contributed by atoms with Crippen LogP contribution in [0.25, 0.3) is 0 Å². The predicted molar refractivity (Wildman–Crippen MR) is 112 cm³/mol. The Labute approximate surface area is 170 Å². The zero-order valence-electron chi connectivity index (χ0n) is 15.9. The van der Waals surface area contributed by atoms with E-state index in [1.807, 2.05) is 24.3 Å². The number of carbonyl (C=O) groups excluding carboxylic acids is 2. The van der Waals surface area contributed by atoms with Gasteiger partial charge in [-0.2, -0.15) is 0 Å². The number of anilines is 1. The fraction of sp³-hybridized carbons (Fsp3) is 0.364. The van der Waals surface area contributed by atoms with Crippen molar-refractivity contribution in [3.05, 3.63) is 59.7 Å². The molecule has 0 saturated heterocycles. The van der Waals surface area contributed by atoms with Gasteiger partial charge in [-0.25, -0.2) is 0 Å². The molecule has 0 aliphatic carbocycles. The topological polar surface area (TPSA) is 53.9 Å². The first-order chi connectivity index (χ1) is 13.7. The minimum absolute atomic E-state index is 0.00437. The Morgan fingerprint density at radius 2 is 1.89 bits per heavy atom. The minimum atomic E-state index is -0.0888. The number of rotatable bonds is 6. The molecule has 2 aromatic carbocycles. The number of para-hydroxylation sites is 1. The molecule has 0 spiro atoms. The summed E-state index contributed by atoms with van der Waals surface area (Å²) < 4.78 is 0. The summed E-state index contributed by atoms with van der Waals surface area (Å²) in [7, 11) is 0. The van der Waals surface area contributed by atoms with Crippen LogP contribution in [0, 0.1) is 0 Å². The summed E-state index contributed by atoms with van der Waals surface area (Å²) in [6.07, 6.45) is 2.08. The normalized spacial score (nSPS) is 18.4. The highest BCUT2D eigenvalue weighted by Crippen LogP contribution is 2.34. The van der Waals surface area contributed by atoms with Crippen molar-refractivity contribution in [2.45, 2.75) is 24.3 Å². The molecule has 2 aliphatic heterocycles. The molecule has 2 aliphatic rings. The van der Waals surface area contributed by atoms with Crippen LogP contribution in [0.15, 0.2) is 53.4 Å². The highest BCUT2D eigenvalue weighted by atomic mass is 32.2. The van der Waals surface area contributed by atoms with E-state index in [1.165, 1.54) is 22.9 Å². The van der Waals surface area contributed by atoms with Crippen LogP contribution < -0.4 is 15.1 Å². The second-order valence-corrected chi connectivity index (χ2v) is 8.40. The molecule has 1 unspecified atom stereocenters. The summed E-state index contributed by atoms with van der Waals surface area (Å²) in [5.41, 5.74) is 3.77. The molecule has 2 amide bonds. The van der Waals surface area contributed by atoms with E-state index in [4.69, 9.17) is 0 Å². The third kappa shape index (κ3) is 4.39. The quantitative estimate of drug-likeness (QED) is 0.723. The number of quaternary nitrogens is 1. The summed E-state index contributed by atoms with van der Waals surface area (Å²) in [4.78, 5) is 28.9. The molecular formula is C22H26N3O2S+. The highest BCUT2D eigenvalue weighted by molar-refractivity contribution is 8.00. The van der Waals surface area contributed by atoms with Gasteiger partial charge >= 0.3 is 0 Å². The maximum atomic E-state index is 12.4. The van der Waals surface area contributed by atoms with Gasteiger partial charge in [0.05, 0.1) is 24.5 Å². The first-order valence-corrected chi connectivity index (χ1v) is 10.9. The van der Waals surface area contributed by atoms with Crippen molar-refractivity contribution in [3.8, 4) is 0 Å². The van der Waals surface area contributed by atoms with Crippen LogP contribution in [0.1, 0.15) is 17.5 Å². The maximum absolute atomic E-state index is 12.4. The Balaban J connectivity index is 1.22. The molecule has 2 heterocycles. The van der Waals surface area contributed by atoms with Crippen LogP contribution in [0.4, 0.5) is 5.69 Å². The number of amides is 2. The maximum Gasteiger partial charge on any atom is 0.240 e. The molecule has 146 valence electrons. The zero-order chi connectivity index (χ0) is 19.3. The number of hydrogen-bond acceptors (Lipinski definition) is 3. The van der Waals surface area contributed by atoms with E-state index in [-0.39, 0.29) is 18.4 Å². The Hall–Kier alpha value is -2.31. The minimum Gasteiger partial charge on any atom is -0.354 e. The molecule has 1 atom stereocenters. The van der Waals surface area contributed by atoms with Gasteiger partial charge in [0.25, 0.3) is 0 Å². The zero-order valence-corrected chi connectivity index (χ0v) is 16.8. The third-order valence-electron chi connectivity index (χ3n) is 5.45. The summed E-state index contributed by atoms with van der Waals surface area (Å²) in [5, 5.41) is 2.99. The molecule has 4 rings (SSSR count). The van der Waals surface area contributed by atoms with Gasteiger partial charge in [-0.3, -0.25) is 9.59 Å². The lowest BCUT2D eigenvalue weighted by Gasteiger charge is -2.28. The van der Waals surface area contributed by atoms with Crippen LogP contribution in [0.3, 0.4) is 0 Å². The number of nitrogens with one attached hydrogen (secondary N) is 2. The van der Waals surface area contributed by atoms with Gasteiger partial charge in [0.2, 0.25) is 11.8 Å². The SMILES string of the molecule is O=C(CN1C(=O)CSc2ccccc21)NCCC[NH+]1CCc2ccccc2C1. The monoisotopic (exact) mass is 396 g/mol. The second-order valence-electron chi connectivity index (χ2n) is 7.39. The Kier molecular flexibility index (Phi) is 5.98. The van der Waals surface area contributed by atoms with E-state index >= 15 is 0 Å². The molecule has 0 saturated carbocycles. The van der Waals surface area contributed by atoms with E-state index < -0.39 is 0 Å². The molecule has 6 heteroatoms. The summed E-state index contributed by atoms with van der Waals surface area (Å²) >= 11 is 1.53. The number of fused-ring (bicyclic) bond motifs is 2. The van der Waals surface area contributed by atoms with Crippen molar-refractivity contribution < 1.29 is 14.5 Å². The molecule has 0 aromatic heterocycles. The molecule has 2 N–H and O–H groups in total. The van der Waals surface area contributed by atoms with Gasteiger partial charge in [-0.15, -0.1) is 11.8 Å². The summed E-state index contributed by atoms with van der Waals surface area (Å²) in [5.74, 6) is 0.300. The third-order valence-corrected chi connectivity index (χ3v) is 6.49. The molecule has 0 bridgehead atoms. The predicted octanol–water partition coefficient (Wildman–Crippen LogP) is 1.27. The lowest BCUT2D eigenvalue weighted by Crippen LogP contribution is -3.11. The van der Waals surface area contributed by atoms with Crippen molar-refractivity contribution in [1.82, 2.24) is 5.32 Å². The fourth-order valence-electron chi connectivity index (χ4n) is 3.95. The van der Waals surface area contributed by atoms with Crippen LogP contribution in [-0.2, 0) is 22.6 Å². The lowest BCUT2D eigenvalue weighted by atomic mass is 10.00. The molecular weight excluding hydrogens is 370 g/mol. The second kappa shape index (κ2) is 8.80. The molecule has 28 heavy (non-hydrogen) atoms. The van der Waals surface area contributed by atoms with Crippen molar-refractivity contribution in [2.75, 3.05) is 36.8 Å². The van der Waals surface area contributed by atoms with Gasteiger partial charge in [0.15, 0.2) is 0 Å². The summed E-state index contributed by atoms with van der Waals surface area (Å²) in [6, 6.07) is 16.4. The highest BCUT2D eigenvalue weighted by Gasteiger charge is 2.26. The number of hydrogen-bond donors (Lipinski definition) is 2. The summed E-state index contributed by atoms with van der Waals surface area (Å²) in [6.45, 7) is 4.03. The molecule has 0 fully saturated rings. The van der Waals surface area contributed by atoms with Crippen molar-refractivity contribution in [3.63, 3.8) is 0 Å². The standard InChI is InChI=1S/C22H25N3O2S/c26-21(15-25-19-8-3-4-9-20(19)28-16-22(25)27)23-11-5-12-24-13-10-17-6-1-2-7-18(17)14-24/h1-4,6-9H,5,10-16H2,(H,23,26)/p+1. The van der Waals surface area contributed by atoms with Gasteiger partial charge in [-0.1, -0.05) is 36.4 Å². The van der Waals surface area contributed by atoms with E-state index in [2.05, 4.69) is 29.6 Å². The van der Waals surface area contributed by atoms with Crippen molar-refractivity contribution in [1.29, 1.82) is 0 Å². The number of benzene rings is 2. The van der Waals surface area contributed by atoms with Crippen LogP contribution in [0.2, 0.25) is 0 Å². The van der Waals surface area contributed by atoms with E-state index in [0.717, 1.165) is 43.1 Å². The molecule has 0 radical (unpaired) electrons. The number of carbonyl (C=O) groups is 2. The van der Waals surface area contributed by atoms with Crippen LogP contribution in [-0.4, -0.2) is 43.7 Å². The Morgan fingerprint density at radius 3 is 2.79 bits per heavy atom. The average molecular weight is 397 g/mol. The Morgan fingerprint density at radius 1 is 1.11 bits per heavy atom. The average Bonchev–Trinajstić information content (AvgIpc) is 2.73. The molecule has 2 aromatic rings.